The van der Waals surface area contributed by atoms with Gasteiger partial charge in [-0.05, 0) is 42.9 Å². The van der Waals surface area contributed by atoms with Crippen LogP contribution in [0, 0.1) is 5.41 Å². The maximum atomic E-state index is 12.6. The Labute approximate surface area is 157 Å². The van der Waals surface area contributed by atoms with E-state index in [9.17, 15) is 9.59 Å². The summed E-state index contributed by atoms with van der Waals surface area (Å²) in [4.78, 5) is 24.6. The van der Waals surface area contributed by atoms with Crippen LogP contribution in [0.25, 0.3) is 0 Å². The molecule has 0 atom stereocenters. The molecule has 1 heterocycles. The summed E-state index contributed by atoms with van der Waals surface area (Å²) in [5, 5.41) is 12.2. The molecule has 6 heteroatoms. The highest BCUT2D eigenvalue weighted by molar-refractivity contribution is 7.98. The molecule has 0 unspecified atom stereocenters. The van der Waals surface area contributed by atoms with Gasteiger partial charge in [0.2, 0.25) is 0 Å². The number of thioether (sulfide) groups is 1. The number of carboxylic acids is 1. The lowest BCUT2D eigenvalue weighted by molar-refractivity contribution is 0.0694. The van der Waals surface area contributed by atoms with Crippen LogP contribution in [-0.4, -0.2) is 23.5 Å². The van der Waals surface area contributed by atoms with Crippen LogP contribution >= 0.6 is 11.8 Å². The maximum absolute atomic E-state index is 12.6. The van der Waals surface area contributed by atoms with Crippen LogP contribution in [0.3, 0.4) is 0 Å². The Bertz CT molecular complexity index is 795. The molecule has 2 aromatic rings. The first-order chi connectivity index (χ1) is 12.5. The number of carbonyl (C=O) groups is 2. The quantitative estimate of drug-likeness (QED) is 0.629. The van der Waals surface area contributed by atoms with Gasteiger partial charge in [0.05, 0.1) is 17.6 Å². The Morgan fingerprint density at radius 3 is 2.69 bits per heavy atom. The number of carboxylic acid groups (broad SMARTS) is 1. The van der Waals surface area contributed by atoms with E-state index in [-0.39, 0.29) is 11.5 Å². The van der Waals surface area contributed by atoms with Crippen LogP contribution < -0.4 is 5.32 Å². The normalized spacial score (nSPS) is 14.8. The second kappa shape index (κ2) is 7.99. The van der Waals surface area contributed by atoms with Crippen molar-refractivity contribution in [3.05, 3.63) is 53.5 Å². The van der Waals surface area contributed by atoms with Crippen molar-refractivity contribution in [2.75, 3.05) is 6.54 Å². The van der Waals surface area contributed by atoms with Crippen molar-refractivity contribution in [1.29, 1.82) is 0 Å². The molecule has 5 nitrogen and oxygen atoms in total. The third kappa shape index (κ3) is 4.30. The van der Waals surface area contributed by atoms with Crippen molar-refractivity contribution >= 4 is 23.6 Å². The average molecular weight is 373 g/mol. The molecule has 0 radical (unpaired) electrons. The van der Waals surface area contributed by atoms with E-state index < -0.39 is 5.97 Å². The predicted octanol–water partition coefficient (Wildman–Crippen LogP) is 4.58. The van der Waals surface area contributed by atoms with E-state index in [0.717, 1.165) is 24.3 Å². The minimum absolute atomic E-state index is 0.0756. The summed E-state index contributed by atoms with van der Waals surface area (Å²) in [5.74, 6) is -0.324. The van der Waals surface area contributed by atoms with Crippen molar-refractivity contribution in [1.82, 2.24) is 5.32 Å². The molecule has 1 aromatic heterocycles. The summed E-state index contributed by atoms with van der Waals surface area (Å²) >= 11 is 1.41. The van der Waals surface area contributed by atoms with Crippen molar-refractivity contribution in [2.24, 2.45) is 5.41 Å². The first kappa shape index (κ1) is 18.6. The molecule has 0 spiro atoms. The van der Waals surface area contributed by atoms with Crippen LogP contribution in [0.5, 0.6) is 0 Å². The van der Waals surface area contributed by atoms with Crippen LogP contribution in [0.2, 0.25) is 0 Å². The minimum atomic E-state index is -1.01. The first-order valence-corrected chi connectivity index (χ1v) is 9.83. The molecule has 26 heavy (non-hydrogen) atoms. The second-order valence-electron chi connectivity index (χ2n) is 6.78. The topological polar surface area (TPSA) is 79.5 Å². The van der Waals surface area contributed by atoms with Gasteiger partial charge < -0.3 is 14.8 Å². The van der Waals surface area contributed by atoms with Gasteiger partial charge in [0.15, 0.2) is 0 Å². The van der Waals surface area contributed by atoms with E-state index in [0.29, 0.717) is 22.5 Å². The lowest BCUT2D eigenvalue weighted by Gasteiger charge is -2.16. The summed E-state index contributed by atoms with van der Waals surface area (Å²) in [6, 6.07) is 8.84. The van der Waals surface area contributed by atoms with Gasteiger partial charge in [-0.1, -0.05) is 25.5 Å². The molecule has 1 amide bonds. The van der Waals surface area contributed by atoms with Gasteiger partial charge in [0.1, 0.15) is 11.3 Å². The highest BCUT2D eigenvalue weighted by Gasteiger charge is 2.41. The Hall–Kier alpha value is -2.21. The zero-order chi connectivity index (χ0) is 18.6. The Kier molecular flexibility index (Phi) is 5.71. The Balaban J connectivity index is 1.65. The molecular weight excluding hydrogens is 350 g/mol. The highest BCUT2D eigenvalue weighted by atomic mass is 32.2. The number of carbonyl (C=O) groups excluding carboxylic acids is 1. The van der Waals surface area contributed by atoms with Crippen molar-refractivity contribution < 1.29 is 19.1 Å². The summed E-state index contributed by atoms with van der Waals surface area (Å²) in [5.41, 5.74) is 1.08. The fourth-order valence-electron chi connectivity index (χ4n) is 3.15. The maximum Gasteiger partial charge on any atom is 0.339 e. The summed E-state index contributed by atoms with van der Waals surface area (Å²) in [6.07, 6.45) is 6.04. The molecule has 138 valence electrons. The van der Waals surface area contributed by atoms with Gasteiger partial charge >= 0.3 is 5.97 Å². The number of hydrogen-bond donors (Lipinski definition) is 2. The van der Waals surface area contributed by atoms with Gasteiger partial charge in [0.25, 0.3) is 5.91 Å². The zero-order valence-electron chi connectivity index (χ0n) is 14.8. The SMILES string of the molecule is CCCC1(CNC(=O)c2ccccc2SCc2occc2C(=O)O)CC1. The molecule has 0 aliphatic heterocycles. The summed E-state index contributed by atoms with van der Waals surface area (Å²) in [7, 11) is 0. The molecule has 3 rings (SSSR count). The fourth-order valence-corrected chi connectivity index (χ4v) is 4.15. The minimum Gasteiger partial charge on any atom is -0.478 e. The number of furan rings is 1. The number of nitrogens with one attached hydrogen (secondary N) is 1. The molecular formula is C20H23NO4S. The van der Waals surface area contributed by atoms with E-state index in [1.54, 1.807) is 6.07 Å². The number of amides is 1. The lowest BCUT2D eigenvalue weighted by Crippen LogP contribution is -2.30. The lowest BCUT2D eigenvalue weighted by atomic mass is 10.0. The van der Waals surface area contributed by atoms with E-state index in [1.165, 1.54) is 36.9 Å². The van der Waals surface area contributed by atoms with Gasteiger partial charge in [-0.3, -0.25) is 4.79 Å². The standard InChI is InChI=1S/C20H23NO4S/c1-2-8-20(9-10-20)13-21-18(22)15-5-3-4-6-17(15)26-12-16-14(19(23)24)7-11-25-16/h3-7,11H,2,8-10,12-13H2,1H3,(H,21,22)(H,23,24). The molecule has 0 saturated heterocycles. The van der Waals surface area contributed by atoms with Gasteiger partial charge in [-0.15, -0.1) is 11.8 Å². The molecule has 1 aliphatic carbocycles. The van der Waals surface area contributed by atoms with E-state index >= 15 is 0 Å². The number of benzene rings is 1. The monoisotopic (exact) mass is 373 g/mol. The molecule has 1 fully saturated rings. The summed E-state index contributed by atoms with van der Waals surface area (Å²) < 4.78 is 5.27. The fraction of sp³-hybridized carbons (Fsp3) is 0.400. The third-order valence-corrected chi connectivity index (χ3v) is 5.90. The van der Waals surface area contributed by atoms with E-state index in [2.05, 4.69) is 12.2 Å². The van der Waals surface area contributed by atoms with Crippen LogP contribution in [0.4, 0.5) is 0 Å². The van der Waals surface area contributed by atoms with Crippen LogP contribution in [-0.2, 0) is 5.75 Å². The third-order valence-electron chi connectivity index (χ3n) is 4.83. The molecule has 0 bridgehead atoms. The predicted molar refractivity (Wildman–Crippen MR) is 101 cm³/mol. The Morgan fingerprint density at radius 1 is 1.23 bits per heavy atom. The van der Waals surface area contributed by atoms with Crippen molar-refractivity contribution in [3.63, 3.8) is 0 Å². The summed E-state index contributed by atoms with van der Waals surface area (Å²) in [6.45, 7) is 2.90. The molecule has 2 N–H and O–H groups in total. The average Bonchev–Trinajstić information content (AvgIpc) is 3.23. The number of aromatic carboxylic acids is 1. The van der Waals surface area contributed by atoms with Crippen LogP contribution in [0.15, 0.2) is 45.9 Å². The smallest absolute Gasteiger partial charge is 0.339 e. The largest absolute Gasteiger partial charge is 0.478 e. The van der Waals surface area contributed by atoms with Crippen molar-refractivity contribution in [3.8, 4) is 0 Å². The van der Waals surface area contributed by atoms with Gasteiger partial charge in [0, 0.05) is 11.4 Å². The molecule has 1 aromatic carbocycles. The number of rotatable bonds is 9. The Morgan fingerprint density at radius 2 is 2.00 bits per heavy atom. The number of hydrogen-bond acceptors (Lipinski definition) is 4. The first-order valence-electron chi connectivity index (χ1n) is 8.84. The van der Waals surface area contributed by atoms with Crippen LogP contribution in [0.1, 0.15) is 59.1 Å². The van der Waals surface area contributed by atoms with Crippen molar-refractivity contribution in [2.45, 2.75) is 43.3 Å². The molecule has 1 aliphatic rings. The second-order valence-corrected chi connectivity index (χ2v) is 7.80. The molecule has 1 saturated carbocycles. The highest BCUT2D eigenvalue weighted by Crippen LogP contribution is 2.49. The van der Waals surface area contributed by atoms with Gasteiger partial charge in [-0.25, -0.2) is 4.79 Å². The van der Waals surface area contributed by atoms with E-state index in [1.807, 2.05) is 18.2 Å². The van der Waals surface area contributed by atoms with E-state index in [4.69, 9.17) is 9.52 Å². The zero-order valence-corrected chi connectivity index (χ0v) is 15.6. The van der Waals surface area contributed by atoms with Gasteiger partial charge in [-0.2, -0.15) is 0 Å².